The number of nitrogens with zero attached hydrogens (tertiary/aromatic N) is 1. The van der Waals surface area contributed by atoms with Crippen molar-refractivity contribution in [3.8, 4) is 0 Å². The summed E-state index contributed by atoms with van der Waals surface area (Å²) >= 11 is 5.80. The minimum atomic E-state index is 0.121. The lowest BCUT2D eigenvalue weighted by atomic mass is 10.1. The fourth-order valence-electron chi connectivity index (χ4n) is 2.33. The van der Waals surface area contributed by atoms with Gasteiger partial charge in [-0.25, -0.2) is 4.99 Å². The maximum atomic E-state index is 10.6. The first-order valence-electron chi connectivity index (χ1n) is 13.6. The van der Waals surface area contributed by atoms with Gasteiger partial charge >= 0.3 is 0 Å². The number of carbonyl (C=O) groups excluding carboxylic acids is 1. The summed E-state index contributed by atoms with van der Waals surface area (Å²) in [7, 11) is 0. The molecular weight excluding hydrogens is 500 g/mol. The number of allylic oxidation sites excluding steroid dienone is 2. The van der Waals surface area contributed by atoms with Crippen molar-refractivity contribution in [2.75, 3.05) is 0 Å². The summed E-state index contributed by atoms with van der Waals surface area (Å²) in [4.78, 5) is 14.9. The van der Waals surface area contributed by atoms with E-state index < -0.39 is 0 Å². The summed E-state index contributed by atoms with van der Waals surface area (Å²) in [5.41, 5.74) is 9.38. The van der Waals surface area contributed by atoms with Gasteiger partial charge in [-0.05, 0) is 39.0 Å². The molecule has 0 aromatic heterocycles. The van der Waals surface area contributed by atoms with Gasteiger partial charge in [0.25, 0.3) is 0 Å². The van der Waals surface area contributed by atoms with E-state index in [1.807, 2.05) is 72.8 Å². The summed E-state index contributed by atoms with van der Waals surface area (Å²) in [6, 6.07) is 26.9. The summed E-state index contributed by atoms with van der Waals surface area (Å²) in [6.07, 6.45) is 8.76. The Hall–Kier alpha value is -3.43. The quantitative estimate of drug-likeness (QED) is 0.144. The number of benzene rings is 3. The monoisotopic (exact) mass is 548 g/mol. The molecule has 2 N–H and O–H groups in total. The molecule has 3 nitrogen and oxygen atoms in total. The molecular formula is C35H49ClN2O. The summed E-state index contributed by atoms with van der Waals surface area (Å²) in [5.74, 6) is 0.633. The number of Topliss-reactive ketones (excluding diaryl/α,β-unsaturated/α-hetero) is 1. The van der Waals surface area contributed by atoms with Crippen LogP contribution in [-0.2, 0) is 0 Å². The normalized spacial score (nSPS) is 10.1. The van der Waals surface area contributed by atoms with Gasteiger partial charge in [0.1, 0.15) is 0 Å². The molecule has 0 fully saturated rings. The molecule has 0 atom stereocenters. The number of aliphatic imine (C=N–C) groups is 1. The maximum absolute atomic E-state index is 10.6. The predicted molar refractivity (Wildman–Crippen MR) is 176 cm³/mol. The highest BCUT2D eigenvalue weighted by Gasteiger charge is 1.99. The molecule has 3 rings (SSSR count). The number of hydrogen-bond donors (Lipinski definition) is 1. The largest absolute Gasteiger partial charge is 0.387 e. The van der Waals surface area contributed by atoms with Crippen molar-refractivity contribution >= 4 is 28.9 Å². The molecule has 0 heterocycles. The molecule has 0 aliphatic heterocycles. The van der Waals surface area contributed by atoms with Gasteiger partial charge in [-0.1, -0.05) is 156 Å². The molecule has 0 saturated carbocycles. The van der Waals surface area contributed by atoms with Gasteiger partial charge in [0, 0.05) is 16.1 Å². The van der Waals surface area contributed by atoms with Crippen LogP contribution in [0.5, 0.6) is 0 Å². The topological polar surface area (TPSA) is 55.4 Å². The number of rotatable bonds is 6. The molecule has 212 valence electrons. The number of ketones is 1. The van der Waals surface area contributed by atoms with Crippen LogP contribution in [0.15, 0.2) is 109 Å². The number of amidine groups is 1. The van der Waals surface area contributed by atoms with E-state index in [-0.39, 0.29) is 5.78 Å². The maximum Gasteiger partial charge on any atom is 0.159 e. The smallest absolute Gasteiger partial charge is 0.159 e. The van der Waals surface area contributed by atoms with Gasteiger partial charge in [0.15, 0.2) is 5.78 Å². The Kier molecular flexibility index (Phi) is 25.3. The molecule has 0 radical (unpaired) electrons. The predicted octanol–water partition coefficient (Wildman–Crippen LogP) is 10.7. The van der Waals surface area contributed by atoms with E-state index in [1.165, 1.54) is 31.2 Å². The third kappa shape index (κ3) is 23.4. The van der Waals surface area contributed by atoms with Crippen molar-refractivity contribution in [3.05, 3.63) is 125 Å². The fraction of sp³-hybridized carbons (Fsp3) is 0.314. The molecule has 0 saturated heterocycles. The van der Waals surface area contributed by atoms with E-state index in [9.17, 15) is 4.79 Å². The number of halogens is 1. The van der Waals surface area contributed by atoms with Crippen molar-refractivity contribution < 1.29 is 4.79 Å². The number of aryl methyl sites for hydroxylation is 1. The summed E-state index contributed by atoms with van der Waals surface area (Å²) < 4.78 is 0. The van der Waals surface area contributed by atoms with Crippen LogP contribution in [0.2, 0.25) is 5.02 Å². The molecule has 3 aromatic rings. The van der Waals surface area contributed by atoms with Crippen LogP contribution in [0, 0.1) is 6.92 Å². The van der Waals surface area contributed by atoms with Crippen LogP contribution < -0.4 is 5.73 Å². The molecule has 4 heteroatoms. The Bertz CT molecular complexity index is 1040. The van der Waals surface area contributed by atoms with Crippen molar-refractivity contribution in [1.29, 1.82) is 0 Å². The Morgan fingerprint density at radius 1 is 0.769 bits per heavy atom. The molecule has 0 spiro atoms. The average molecular weight is 549 g/mol. The highest BCUT2D eigenvalue weighted by atomic mass is 35.5. The van der Waals surface area contributed by atoms with Gasteiger partial charge in [0.2, 0.25) is 0 Å². The lowest BCUT2D eigenvalue weighted by Gasteiger charge is -2.02. The van der Waals surface area contributed by atoms with Crippen molar-refractivity contribution in [2.45, 2.75) is 74.1 Å². The van der Waals surface area contributed by atoms with Crippen LogP contribution in [0.3, 0.4) is 0 Å². The minimum absolute atomic E-state index is 0.121. The molecule has 0 amide bonds. The third-order valence-corrected chi connectivity index (χ3v) is 5.09. The van der Waals surface area contributed by atoms with E-state index in [4.69, 9.17) is 17.3 Å². The van der Waals surface area contributed by atoms with E-state index in [0.717, 1.165) is 16.8 Å². The van der Waals surface area contributed by atoms with Crippen LogP contribution >= 0.6 is 11.6 Å². The molecule has 3 aromatic carbocycles. The van der Waals surface area contributed by atoms with E-state index in [0.29, 0.717) is 10.9 Å². The Balaban J connectivity index is 0. The van der Waals surface area contributed by atoms with Gasteiger partial charge in [0.05, 0.1) is 11.5 Å². The first kappa shape index (κ1) is 37.7. The zero-order valence-corrected chi connectivity index (χ0v) is 25.8. The molecule has 39 heavy (non-hydrogen) atoms. The number of unbranched alkanes of at least 4 members (excludes halogenated alkanes) is 2. The summed E-state index contributed by atoms with van der Waals surface area (Å²) in [6.45, 7) is 17.8. The van der Waals surface area contributed by atoms with Gasteiger partial charge in [-0.3, -0.25) is 4.79 Å². The molecule has 0 bridgehead atoms. The SMILES string of the molecule is C=C/C=C(\N=C(C)N)c1ccc(Cl)cc1.CC(=O)c1ccccc1.CCCC.CCCC.Cc1ccccc1. The van der Waals surface area contributed by atoms with Gasteiger partial charge in [-0.15, -0.1) is 0 Å². The first-order chi connectivity index (χ1) is 18.7. The van der Waals surface area contributed by atoms with E-state index in [1.54, 1.807) is 26.0 Å². The Labute approximate surface area is 243 Å². The number of nitrogens with two attached hydrogens (primary N) is 1. The second-order valence-electron chi connectivity index (χ2n) is 8.62. The highest BCUT2D eigenvalue weighted by Crippen LogP contribution is 2.18. The molecule has 0 unspecified atom stereocenters. The summed E-state index contributed by atoms with van der Waals surface area (Å²) in [5, 5.41) is 0.699. The molecule has 0 aliphatic rings. The zero-order chi connectivity index (χ0) is 29.9. The Morgan fingerprint density at radius 2 is 1.21 bits per heavy atom. The fourth-order valence-corrected chi connectivity index (χ4v) is 2.45. The van der Waals surface area contributed by atoms with Crippen molar-refractivity contribution in [1.82, 2.24) is 0 Å². The van der Waals surface area contributed by atoms with Crippen LogP contribution in [-0.4, -0.2) is 11.6 Å². The minimum Gasteiger partial charge on any atom is -0.387 e. The van der Waals surface area contributed by atoms with Crippen LogP contribution in [0.1, 0.15) is 88.7 Å². The van der Waals surface area contributed by atoms with Gasteiger partial charge < -0.3 is 5.73 Å². The molecule has 0 aliphatic carbocycles. The lowest BCUT2D eigenvalue weighted by Crippen LogP contribution is -2.05. The standard InChI is InChI=1S/C12H13ClN2.C8H8O.C7H8.2C4H10/c1-3-4-12(15-9(2)14)10-5-7-11(13)8-6-10;1-7(9)8-5-3-2-4-6-8;1-7-5-3-2-4-6-7;2*1-3-4-2/h3-8H,1H2,2H3,(H2,14,15);2-6H,1H3;2-6H,1H3;2*3-4H2,1-2H3/b12-4-;;;;. The third-order valence-electron chi connectivity index (χ3n) is 4.83. The average Bonchev–Trinajstić information content (AvgIpc) is 2.95. The zero-order valence-electron chi connectivity index (χ0n) is 25.1. The van der Waals surface area contributed by atoms with Crippen LogP contribution in [0.4, 0.5) is 0 Å². The van der Waals surface area contributed by atoms with Gasteiger partial charge in [-0.2, -0.15) is 0 Å². The van der Waals surface area contributed by atoms with Crippen molar-refractivity contribution in [3.63, 3.8) is 0 Å². The second kappa shape index (κ2) is 26.2. The van der Waals surface area contributed by atoms with Crippen LogP contribution in [0.25, 0.3) is 5.70 Å². The first-order valence-corrected chi connectivity index (χ1v) is 14.0. The number of carbonyl (C=O) groups is 1. The van der Waals surface area contributed by atoms with E-state index in [2.05, 4.69) is 58.3 Å². The Morgan fingerprint density at radius 3 is 1.49 bits per heavy atom. The van der Waals surface area contributed by atoms with Crippen molar-refractivity contribution in [2.24, 2.45) is 10.7 Å². The lowest BCUT2D eigenvalue weighted by molar-refractivity contribution is 0.101. The highest BCUT2D eigenvalue weighted by molar-refractivity contribution is 6.30. The number of hydrogen-bond acceptors (Lipinski definition) is 2. The second-order valence-corrected chi connectivity index (χ2v) is 9.06. The van der Waals surface area contributed by atoms with E-state index >= 15 is 0 Å².